The topological polar surface area (TPSA) is 96.6 Å². The Morgan fingerprint density at radius 1 is 1.00 bits per heavy atom. The minimum Gasteiger partial charge on any atom is -0.337 e. The maximum atomic E-state index is 13.0. The number of aryl methyl sites for hydroxylation is 1. The smallest absolute Gasteiger partial charge is 0.244 e. The molecule has 168 valence electrons. The summed E-state index contributed by atoms with van der Waals surface area (Å²) >= 11 is 0. The average molecular weight is 455 g/mol. The van der Waals surface area contributed by atoms with Gasteiger partial charge in [0, 0.05) is 37.3 Å². The molecular weight excluding hydrogens is 428 g/mol. The molecule has 32 heavy (non-hydrogen) atoms. The van der Waals surface area contributed by atoms with Crippen LogP contribution in [0.5, 0.6) is 0 Å². The van der Waals surface area contributed by atoms with Crippen LogP contribution in [0.25, 0.3) is 11.4 Å². The normalized spacial score (nSPS) is 16.7. The molecule has 0 saturated carbocycles. The van der Waals surface area contributed by atoms with Gasteiger partial charge in [-0.05, 0) is 32.9 Å². The molecule has 1 saturated heterocycles. The van der Waals surface area contributed by atoms with Crippen LogP contribution < -0.4 is 0 Å². The number of hydrogen-bond donors (Lipinski definition) is 0. The van der Waals surface area contributed by atoms with Crippen molar-refractivity contribution >= 4 is 15.8 Å². The molecule has 0 spiro atoms. The van der Waals surface area contributed by atoms with Crippen molar-refractivity contribution in [3.8, 4) is 11.4 Å². The Labute approximate surface area is 187 Å². The van der Waals surface area contributed by atoms with Gasteiger partial charge in [-0.3, -0.25) is 9.69 Å². The zero-order valence-electron chi connectivity index (χ0n) is 18.4. The molecule has 2 heterocycles. The fourth-order valence-electron chi connectivity index (χ4n) is 3.72. The lowest BCUT2D eigenvalue weighted by molar-refractivity contribution is 0.101. The van der Waals surface area contributed by atoms with Crippen LogP contribution in [0.15, 0.2) is 57.9 Å². The van der Waals surface area contributed by atoms with Gasteiger partial charge in [0.25, 0.3) is 0 Å². The molecule has 3 aromatic rings. The van der Waals surface area contributed by atoms with E-state index in [0.717, 1.165) is 11.1 Å². The van der Waals surface area contributed by atoms with Crippen molar-refractivity contribution in [1.82, 2.24) is 19.3 Å². The third-order valence-electron chi connectivity index (χ3n) is 5.83. The number of hydrogen-bond acceptors (Lipinski definition) is 7. The first-order chi connectivity index (χ1) is 15.3. The zero-order valence-corrected chi connectivity index (χ0v) is 19.2. The van der Waals surface area contributed by atoms with Gasteiger partial charge in [-0.25, -0.2) is 8.42 Å². The number of rotatable bonds is 6. The van der Waals surface area contributed by atoms with Crippen LogP contribution in [0.2, 0.25) is 0 Å². The molecule has 1 atom stereocenters. The van der Waals surface area contributed by atoms with Crippen molar-refractivity contribution in [2.45, 2.75) is 31.7 Å². The number of ketones is 1. The van der Waals surface area contributed by atoms with Crippen LogP contribution in [-0.4, -0.2) is 59.7 Å². The van der Waals surface area contributed by atoms with Crippen molar-refractivity contribution < 1.29 is 17.7 Å². The molecule has 0 bridgehead atoms. The molecule has 0 unspecified atom stereocenters. The fraction of sp³-hybridized carbons (Fsp3) is 0.348. The molecule has 1 fully saturated rings. The van der Waals surface area contributed by atoms with Crippen molar-refractivity contribution in [1.29, 1.82) is 0 Å². The molecule has 8 nitrogen and oxygen atoms in total. The van der Waals surface area contributed by atoms with E-state index in [4.69, 9.17) is 4.52 Å². The van der Waals surface area contributed by atoms with E-state index in [0.29, 0.717) is 43.5 Å². The van der Waals surface area contributed by atoms with E-state index < -0.39 is 10.0 Å². The summed E-state index contributed by atoms with van der Waals surface area (Å²) in [5.41, 5.74) is 2.55. The molecule has 2 aromatic carbocycles. The van der Waals surface area contributed by atoms with Gasteiger partial charge in [-0.1, -0.05) is 47.1 Å². The lowest BCUT2D eigenvalue weighted by atomic mass is 10.1. The third-order valence-corrected chi connectivity index (χ3v) is 7.74. The van der Waals surface area contributed by atoms with Gasteiger partial charge in [0.15, 0.2) is 5.78 Å². The molecule has 1 aliphatic rings. The quantitative estimate of drug-likeness (QED) is 0.527. The summed E-state index contributed by atoms with van der Waals surface area (Å²) in [6.07, 6.45) is 0. The number of carbonyl (C=O) groups excluding carboxylic acids is 1. The van der Waals surface area contributed by atoms with E-state index >= 15 is 0 Å². The predicted octanol–water partition coefficient (Wildman–Crippen LogP) is 3.32. The number of benzene rings is 2. The van der Waals surface area contributed by atoms with E-state index in [2.05, 4.69) is 15.0 Å². The summed E-state index contributed by atoms with van der Waals surface area (Å²) in [6, 6.07) is 13.9. The van der Waals surface area contributed by atoms with Crippen LogP contribution in [0, 0.1) is 6.92 Å². The lowest BCUT2D eigenvalue weighted by Crippen LogP contribution is -2.49. The second-order valence-corrected chi connectivity index (χ2v) is 9.96. The van der Waals surface area contributed by atoms with Gasteiger partial charge in [-0.2, -0.15) is 9.29 Å². The summed E-state index contributed by atoms with van der Waals surface area (Å²) in [5.74, 6) is 0.960. The Hall–Kier alpha value is -2.88. The first-order valence-corrected chi connectivity index (χ1v) is 12.0. The maximum absolute atomic E-state index is 13.0. The largest absolute Gasteiger partial charge is 0.337 e. The molecule has 0 aliphatic carbocycles. The van der Waals surface area contributed by atoms with Crippen LogP contribution in [0.1, 0.15) is 41.7 Å². The SMILES string of the molecule is CC(=O)c1ccc(S(=O)(=O)N2CCN([C@@H](C)c3nc(-c4ccc(C)cc4)no3)CC2)cc1. The number of sulfonamides is 1. The maximum Gasteiger partial charge on any atom is 0.244 e. The first kappa shape index (κ1) is 22.3. The van der Waals surface area contributed by atoms with E-state index in [-0.39, 0.29) is 16.7 Å². The van der Waals surface area contributed by atoms with E-state index in [9.17, 15) is 13.2 Å². The second-order valence-electron chi connectivity index (χ2n) is 8.02. The van der Waals surface area contributed by atoms with Crippen LogP contribution >= 0.6 is 0 Å². The predicted molar refractivity (Wildman–Crippen MR) is 120 cm³/mol. The molecule has 1 aliphatic heterocycles. The van der Waals surface area contributed by atoms with Crippen molar-refractivity contribution in [2.24, 2.45) is 0 Å². The van der Waals surface area contributed by atoms with Gasteiger partial charge in [0.2, 0.25) is 21.7 Å². The summed E-state index contributed by atoms with van der Waals surface area (Å²) in [6.45, 7) is 7.28. The number of carbonyl (C=O) groups is 1. The highest BCUT2D eigenvalue weighted by molar-refractivity contribution is 7.89. The minimum absolute atomic E-state index is 0.0943. The number of aromatic nitrogens is 2. The first-order valence-electron chi connectivity index (χ1n) is 10.5. The zero-order chi connectivity index (χ0) is 22.9. The van der Waals surface area contributed by atoms with E-state index in [1.807, 2.05) is 38.1 Å². The standard InChI is InChI=1S/C23H26N4O4S/c1-16-4-6-20(7-5-16)22-24-23(31-25-22)17(2)26-12-14-27(15-13-26)32(29,30)21-10-8-19(9-11-21)18(3)28/h4-11,17H,12-15H2,1-3H3/t17-/m0/s1. The van der Waals surface area contributed by atoms with Gasteiger partial charge >= 0.3 is 0 Å². The molecule has 0 N–H and O–H groups in total. The highest BCUT2D eigenvalue weighted by Gasteiger charge is 2.32. The van der Waals surface area contributed by atoms with E-state index in [1.165, 1.54) is 23.4 Å². The summed E-state index contributed by atoms with van der Waals surface area (Å²) in [4.78, 5) is 18.3. The Bertz CT molecular complexity index is 1200. The van der Waals surface area contributed by atoms with Gasteiger partial charge in [0.05, 0.1) is 10.9 Å². The molecular formula is C23H26N4O4S. The highest BCUT2D eigenvalue weighted by Crippen LogP contribution is 2.25. The summed E-state index contributed by atoms with van der Waals surface area (Å²) in [7, 11) is -3.61. The molecule has 4 rings (SSSR count). The van der Waals surface area contributed by atoms with Crippen molar-refractivity contribution in [2.75, 3.05) is 26.2 Å². The Morgan fingerprint density at radius 2 is 1.62 bits per heavy atom. The molecule has 9 heteroatoms. The number of nitrogens with zero attached hydrogens (tertiary/aromatic N) is 4. The molecule has 0 amide bonds. The van der Waals surface area contributed by atoms with Gasteiger partial charge < -0.3 is 4.52 Å². The minimum atomic E-state index is -3.61. The van der Waals surface area contributed by atoms with Crippen molar-refractivity contribution in [3.05, 3.63) is 65.5 Å². The number of Topliss-reactive ketones (excluding diaryl/α,β-unsaturated/α-hetero) is 1. The molecule has 0 radical (unpaired) electrons. The van der Waals surface area contributed by atoms with Crippen LogP contribution in [0.4, 0.5) is 0 Å². The third kappa shape index (κ3) is 4.50. The highest BCUT2D eigenvalue weighted by atomic mass is 32.2. The van der Waals surface area contributed by atoms with Crippen LogP contribution in [0.3, 0.4) is 0 Å². The Balaban J connectivity index is 1.41. The monoisotopic (exact) mass is 454 g/mol. The molecule has 1 aromatic heterocycles. The van der Waals surface area contributed by atoms with Crippen molar-refractivity contribution in [3.63, 3.8) is 0 Å². The lowest BCUT2D eigenvalue weighted by Gasteiger charge is -2.36. The summed E-state index contributed by atoms with van der Waals surface area (Å²) in [5, 5.41) is 4.10. The van der Waals surface area contributed by atoms with Gasteiger partial charge in [0.1, 0.15) is 0 Å². The number of piperazine rings is 1. The fourth-order valence-corrected chi connectivity index (χ4v) is 5.15. The Morgan fingerprint density at radius 3 is 2.22 bits per heavy atom. The van der Waals surface area contributed by atoms with Gasteiger partial charge in [-0.15, -0.1) is 0 Å². The average Bonchev–Trinajstić information content (AvgIpc) is 3.29. The second kappa shape index (κ2) is 8.93. The van der Waals surface area contributed by atoms with Crippen LogP contribution in [-0.2, 0) is 10.0 Å². The van der Waals surface area contributed by atoms with E-state index in [1.54, 1.807) is 12.1 Å². The summed E-state index contributed by atoms with van der Waals surface area (Å²) < 4.78 is 32.9. The Kier molecular flexibility index (Phi) is 6.23.